The van der Waals surface area contributed by atoms with Crippen molar-refractivity contribution in [3.05, 3.63) is 41.7 Å². The summed E-state index contributed by atoms with van der Waals surface area (Å²) in [6, 6.07) is 6.81. The van der Waals surface area contributed by atoms with Crippen molar-refractivity contribution < 1.29 is 4.79 Å². The normalized spacial score (nSPS) is 12.2. The molecule has 18 heavy (non-hydrogen) atoms. The maximum absolute atomic E-state index is 11.9. The van der Waals surface area contributed by atoms with Crippen LogP contribution in [0.4, 0.5) is 5.95 Å². The Morgan fingerprint density at radius 1 is 1.39 bits per heavy atom. The second-order valence-electron chi connectivity index (χ2n) is 4.08. The Morgan fingerprint density at radius 3 is 2.61 bits per heavy atom. The molecule has 1 unspecified atom stereocenters. The van der Waals surface area contributed by atoms with Crippen LogP contribution in [0, 0.1) is 6.92 Å². The van der Waals surface area contributed by atoms with Crippen LogP contribution in [0.15, 0.2) is 30.6 Å². The van der Waals surface area contributed by atoms with Gasteiger partial charge in [0, 0.05) is 7.05 Å². The Morgan fingerprint density at radius 2 is 2.06 bits per heavy atom. The van der Waals surface area contributed by atoms with Crippen molar-refractivity contribution in [2.24, 2.45) is 12.8 Å². The predicted octanol–water partition coefficient (Wildman–Crippen LogP) is 0.762. The maximum Gasteiger partial charge on any atom is 0.248 e. The van der Waals surface area contributed by atoms with E-state index in [-0.39, 0.29) is 5.91 Å². The second-order valence-corrected chi connectivity index (χ2v) is 4.08. The van der Waals surface area contributed by atoms with Gasteiger partial charge in [0.1, 0.15) is 12.4 Å². The number of amides is 1. The lowest BCUT2D eigenvalue weighted by molar-refractivity contribution is -0.117. The van der Waals surface area contributed by atoms with Gasteiger partial charge in [-0.25, -0.2) is 4.68 Å². The SMILES string of the molecule is Cc1ccc(C(N)C(=O)Nc2ncnn2C)cc1. The van der Waals surface area contributed by atoms with E-state index in [0.29, 0.717) is 5.95 Å². The molecular formula is C12H15N5O. The zero-order valence-corrected chi connectivity index (χ0v) is 10.3. The summed E-state index contributed by atoms with van der Waals surface area (Å²) in [4.78, 5) is 15.8. The van der Waals surface area contributed by atoms with Crippen LogP contribution < -0.4 is 11.1 Å². The molecule has 0 spiro atoms. The fourth-order valence-corrected chi connectivity index (χ4v) is 1.52. The first kappa shape index (κ1) is 12.3. The molecule has 1 aromatic carbocycles. The number of aromatic nitrogens is 3. The number of carbonyl (C=O) groups excluding carboxylic acids is 1. The van der Waals surface area contributed by atoms with E-state index >= 15 is 0 Å². The van der Waals surface area contributed by atoms with Crippen molar-refractivity contribution in [2.45, 2.75) is 13.0 Å². The van der Waals surface area contributed by atoms with Gasteiger partial charge in [-0.05, 0) is 12.5 Å². The molecule has 0 aliphatic heterocycles. The fourth-order valence-electron chi connectivity index (χ4n) is 1.52. The highest BCUT2D eigenvalue weighted by molar-refractivity contribution is 5.94. The molecule has 0 saturated carbocycles. The van der Waals surface area contributed by atoms with E-state index in [4.69, 9.17) is 5.73 Å². The third-order valence-electron chi connectivity index (χ3n) is 2.67. The number of hydrogen-bond acceptors (Lipinski definition) is 4. The van der Waals surface area contributed by atoms with E-state index < -0.39 is 6.04 Å². The standard InChI is InChI=1S/C12H15N5O/c1-8-3-5-9(6-4-8)10(13)11(18)16-12-14-7-15-17(12)2/h3-7,10H,13H2,1-2H3,(H,14,15,16,18). The van der Waals surface area contributed by atoms with Gasteiger partial charge in [-0.2, -0.15) is 10.1 Å². The largest absolute Gasteiger partial charge is 0.316 e. The van der Waals surface area contributed by atoms with Crippen LogP contribution in [0.2, 0.25) is 0 Å². The van der Waals surface area contributed by atoms with Crippen LogP contribution in [0.25, 0.3) is 0 Å². The number of nitrogens with two attached hydrogens (primary N) is 1. The number of rotatable bonds is 3. The van der Waals surface area contributed by atoms with Crippen molar-refractivity contribution >= 4 is 11.9 Å². The zero-order chi connectivity index (χ0) is 13.1. The molecule has 3 N–H and O–H groups in total. The van der Waals surface area contributed by atoms with Crippen LogP contribution in [0.5, 0.6) is 0 Å². The van der Waals surface area contributed by atoms with Crippen molar-refractivity contribution in [1.82, 2.24) is 14.8 Å². The third-order valence-corrected chi connectivity index (χ3v) is 2.67. The van der Waals surface area contributed by atoms with Crippen molar-refractivity contribution in [1.29, 1.82) is 0 Å². The van der Waals surface area contributed by atoms with E-state index in [0.717, 1.165) is 11.1 Å². The Hall–Kier alpha value is -2.21. The molecule has 6 nitrogen and oxygen atoms in total. The minimum Gasteiger partial charge on any atom is -0.316 e. The van der Waals surface area contributed by atoms with Gasteiger partial charge in [0.2, 0.25) is 11.9 Å². The number of nitrogens with one attached hydrogen (secondary N) is 1. The smallest absolute Gasteiger partial charge is 0.248 e. The summed E-state index contributed by atoms with van der Waals surface area (Å²) < 4.78 is 1.47. The molecule has 2 rings (SSSR count). The summed E-state index contributed by atoms with van der Waals surface area (Å²) in [5.74, 6) is 0.0671. The van der Waals surface area contributed by atoms with E-state index in [9.17, 15) is 4.79 Å². The molecule has 1 amide bonds. The molecule has 0 bridgehead atoms. The van der Waals surface area contributed by atoms with Crippen molar-refractivity contribution in [3.63, 3.8) is 0 Å². The summed E-state index contributed by atoms with van der Waals surface area (Å²) in [6.07, 6.45) is 1.37. The maximum atomic E-state index is 11.9. The van der Waals surface area contributed by atoms with Gasteiger partial charge in [0.05, 0.1) is 0 Å². The number of aryl methyl sites for hydroxylation is 2. The monoisotopic (exact) mass is 245 g/mol. The molecule has 0 saturated heterocycles. The number of anilines is 1. The minimum absolute atomic E-state index is 0.310. The molecule has 94 valence electrons. The summed E-state index contributed by atoms with van der Waals surface area (Å²) in [7, 11) is 1.69. The van der Waals surface area contributed by atoms with Crippen LogP contribution >= 0.6 is 0 Å². The lowest BCUT2D eigenvalue weighted by Gasteiger charge is -2.12. The Balaban J connectivity index is 2.09. The Labute approximate surface area is 105 Å². The van der Waals surface area contributed by atoms with Crippen LogP contribution in [0.3, 0.4) is 0 Å². The second kappa shape index (κ2) is 4.97. The number of hydrogen-bond donors (Lipinski definition) is 2. The lowest BCUT2D eigenvalue weighted by atomic mass is 10.1. The van der Waals surface area contributed by atoms with Crippen molar-refractivity contribution in [3.8, 4) is 0 Å². The van der Waals surface area contributed by atoms with Gasteiger partial charge in [-0.3, -0.25) is 10.1 Å². The van der Waals surface area contributed by atoms with Gasteiger partial charge >= 0.3 is 0 Å². The first-order valence-electron chi connectivity index (χ1n) is 5.55. The van der Waals surface area contributed by atoms with Gasteiger partial charge in [0.15, 0.2) is 0 Å². The zero-order valence-electron chi connectivity index (χ0n) is 10.3. The number of benzene rings is 1. The van der Waals surface area contributed by atoms with Crippen LogP contribution in [-0.2, 0) is 11.8 Å². The van der Waals surface area contributed by atoms with Crippen LogP contribution in [0.1, 0.15) is 17.2 Å². The molecule has 0 fully saturated rings. The molecule has 0 radical (unpaired) electrons. The van der Waals surface area contributed by atoms with Gasteiger partial charge in [0.25, 0.3) is 0 Å². The molecule has 2 aromatic rings. The van der Waals surface area contributed by atoms with E-state index in [1.54, 1.807) is 7.05 Å². The Bertz CT molecular complexity index is 546. The topological polar surface area (TPSA) is 85.8 Å². The fraction of sp³-hybridized carbons (Fsp3) is 0.250. The molecule has 6 heteroatoms. The number of carbonyl (C=O) groups is 1. The molecule has 1 atom stereocenters. The molecule has 1 aromatic heterocycles. The number of nitrogens with zero attached hydrogens (tertiary/aromatic N) is 3. The molecule has 1 heterocycles. The summed E-state index contributed by atoms with van der Waals surface area (Å²) >= 11 is 0. The highest BCUT2D eigenvalue weighted by atomic mass is 16.2. The van der Waals surface area contributed by atoms with Gasteiger partial charge < -0.3 is 5.73 Å². The molecule has 0 aliphatic carbocycles. The van der Waals surface area contributed by atoms with Gasteiger partial charge in [-0.1, -0.05) is 29.8 Å². The predicted molar refractivity (Wildman–Crippen MR) is 67.7 cm³/mol. The first-order valence-corrected chi connectivity index (χ1v) is 5.55. The van der Waals surface area contributed by atoms with Gasteiger partial charge in [-0.15, -0.1) is 0 Å². The third kappa shape index (κ3) is 2.54. The molecule has 0 aliphatic rings. The Kier molecular flexibility index (Phi) is 3.38. The average molecular weight is 245 g/mol. The highest BCUT2D eigenvalue weighted by Gasteiger charge is 2.17. The van der Waals surface area contributed by atoms with Crippen LogP contribution in [-0.4, -0.2) is 20.7 Å². The summed E-state index contributed by atoms with van der Waals surface area (Å²) in [6.45, 7) is 1.98. The summed E-state index contributed by atoms with van der Waals surface area (Å²) in [5.41, 5.74) is 7.77. The minimum atomic E-state index is -0.720. The average Bonchev–Trinajstić information content (AvgIpc) is 2.75. The van der Waals surface area contributed by atoms with E-state index in [1.807, 2.05) is 31.2 Å². The quantitative estimate of drug-likeness (QED) is 0.836. The highest BCUT2D eigenvalue weighted by Crippen LogP contribution is 2.13. The van der Waals surface area contributed by atoms with E-state index in [1.165, 1.54) is 11.0 Å². The lowest BCUT2D eigenvalue weighted by Crippen LogP contribution is -2.28. The van der Waals surface area contributed by atoms with E-state index in [2.05, 4.69) is 15.4 Å². The first-order chi connectivity index (χ1) is 8.58. The molecular weight excluding hydrogens is 230 g/mol. The summed E-state index contributed by atoms with van der Waals surface area (Å²) in [5, 5.41) is 6.49. The van der Waals surface area contributed by atoms with Crippen molar-refractivity contribution in [2.75, 3.05) is 5.32 Å².